The number of rotatable bonds is 6. The Morgan fingerprint density at radius 3 is 2.57 bits per heavy atom. The molecular weight excluding hydrogens is 444 g/mol. The number of fused-ring (bicyclic) bond motifs is 2. The molecule has 35 heavy (non-hydrogen) atoms. The van der Waals surface area contributed by atoms with Crippen LogP contribution in [0.4, 0.5) is 0 Å². The standard InChI is InChI=1S/C28H32N2O5/c1-33-24-12-11-19-7-3-6-10-21(19)22(24)18-29-14-13-23-27(28(32)34-2)25(35-20-8-4-5-9-20)17-26(31)30(23)16-15-29/h3,6-7,10-12,17,20H,4-5,8-9,13-16,18H2,1-2H3. The topological polar surface area (TPSA) is 70.0 Å². The van der Waals surface area contributed by atoms with E-state index < -0.39 is 5.97 Å². The van der Waals surface area contributed by atoms with Gasteiger partial charge in [-0.15, -0.1) is 0 Å². The number of hydrogen-bond donors (Lipinski definition) is 0. The van der Waals surface area contributed by atoms with E-state index >= 15 is 0 Å². The number of pyridine rings is 1. The Morgan fingerprint density at radius 2 is 1.80 bits per heavy atom. The van der Waals surface area contributed by atoms with Crippen molar-refractivity contribution in [3.05, 3.63) is 69.6 Å². The first-order chi connectivity index (χ1) is 17.1. The zero-order valence-corrected chi connectivity index (χ0v) is 20.4. The SMILES string of the molecule is COC(=O)c1c(OC2CCCC2)cc(=O)n2c1CCN(Cc1c(OC)ccc3ccccc13)CC2. The van der Waals surface area contributed by atoms with Gasteiger partial charge in [-0.25, -0.2) is 4.79 Å². The molecule has 0 unspecified atom stereocenters. The van der Waals surface area contributed by atoms with Crippen molar-refractivity contribution in [2.75, 3.05) is 27.3 Å². The summed E-state index contributed by atoms with van der Waals surface area (Å²) in [7, 11) is 3.07. The number of benzene rings is 2. The Bertz CT molecular complexity index is 1290. The average Bonchev–Trinajstić information content (AvgIpc) is 3.30. The van der Waals surface area contributed by atoms with Gasteiger partial charge >= 0.3 is 5.97 Å². The van der Waals surface area contributed by atoms with Crippen molar-refractivity contribution in [2.24, 2.45) is 0 Å². The van der Waals surface area contributed by atoms with E-state index in [2.05, 4.69) is 23.1 Å². The summed E-state index contributed by atoms with van der Waals surface area (Å²) in [5.74, 6) is 0.764. The molecule has 2 aliphatic rings. The maximum Gasteiger partial charge on any atom is 0.343 e. The van der Waals surface area contributed by atoms with Crippen molar-refractivity contribution in [3.63, 3.8) is 0 Å². The van der Waals surface area contributed by atoms with E-state index in [4.69, 9.17) is 14.2 Å². The van der Waals surface area contributed by atoms with Crippen molar-refractivity contribution in [1.82, 2.24) is 9.47 Å². The van der Waals surface area contributed by atoms with E-state index in [0.29, 0.717) is 49.6 Å². The van der Waals surface area contributed by atoms with Crippen molar-refractivity contribution in [1.29, 1.82) is 0 Å². The lowest BCUT2D eigenvalue weighted by atomic mass is 10.0. The maximum absolute atomic E-state index is 13.1. The predicted octanol–water partition coefficient (Wildman–Crippen LogP) is 4.18. The first-order valence-electron chi connectivity index (χ1n) is 12.4. The highest BCUT2D eigenvalue weighted by Crippen LogP contribution is 2.31. The highest BCUT2D eigenvalue weighted by molar-refractivity contribution is 5.93. The van der Waals surface area contributed by atoms with Crippen LogP contribution in [-0.2, 0) is 24.2 Å². The summed E-state index contributed by atoms with van der Waals surface area (Å²) in [5, 5.41) is 2.33. The second kappa shape index (κ2) is 10.1. The number of carbonyl (C=O) groups is 1. The lowest BCUT2D eigenvalue weighted by Crippen LogP contribution is -2.29. The van der Waals surface area contributed by atoms with Gasteiger partial charge in [0, 0.05) is 49.9 Å². The van der Waals surface area contributed by atoms with Crippen molar-refractivity contribution in [2.45, 2.75) is 51.3 Å². The summed E-state index contributed by atoms with van der Waals surface area (Å²) in [4.78, 5) is 28.3. The number of ether oxygens (including phenoxy) is 3. The van der Waals surface area contributed by atoms with Crippen LogP contribution >= 0.6 is 0 Å². The van der Waals surface area contributed by atoms with Crippen LogP contribution in [0.2, 0.25) is 0 Å². The van der Waals surface area contributed by atoms with Gasteiger partial charge in [-0.2, -0.15) is 0 Å². The minimum Gasteiger partial charge on any atom is -0.496 e. The van der Waals surface area contributed by atoms with Gasteiger partial charge in [-0.3, -0.25) is 9.69 Å². The maximum atomic E-state index is 13.1. The molecule has 0 saturated heterocycles. The molecule has 7 heteroatoms. The Kier molecular flexibility index (Phi) is 6.77. The van der Waals surface area contributed by atoms with Crippen LogP contribution in [0, 0.1) is 0 Å². The number of carbonyl (C=O) groups excluding carboxylic acids is 1. The largest absolute Gasteiger partial charge is 0.496 e. The first-order valence-corrected chi connectivity index (χ1v) is 12.4. The monoisotopic (exact) mass is 476 g/mol. The summed E-state index contributed by atoms with van der Waals surface area (Å²) < 4.78 is 18.7. The minimum absolute atomic E-state index is 0.0435. The van der Waals surface area contributed by atoms with Crippen LogP contribution in [0.5, 0.6) is 11.5 Å². The molecule has 1 saturated carbocycles. The smallest absolute Gasteiger partial charge is 0.343 e. The molecule has 2 heterocycles. The average molecular weight is 477 g/mol. The second-order valence-electron chi connectivity index (χ2n) is 9.33. The van der Waals surface area contributed by atoms with Gasteiger partial charge in [-0.05, 0) is 42.5 Å². The Morgan fingerprint density at radius 1 is 1.00 bits per heavy atom. The lowest BCUT2D eigenvalue weighted by Gasteiger charge is -2.22. The van der Waals surface area contributed by atoms with E-state index in [1.165, 1.54) is 18.6 Å². The van der Waals surface area contributed by atoms with E-state index in [-0.39, 0.29) is 11.7 Å². The van der Waals surface area contributed by atoms with Gasteiger partial charge in [0.15, 0.2) is 0 Å². The fourth-order valence-electron chi connectivity index (χ4n) is 5.45. The number of nitrogens with zero attached hydrogens (tertiary/aromatic N) is 2. The molecule has 0 bridgehead atoms. The molecular formula is C28H32N2O5. The van der Waals surface area contributed by atoms with Gasteiger partial charge in [0.1, 0.15) is 17.1 Å². The molecule has 1 aromatic heterocycles. The van der Waals surface area contributed by atoms with E-state index in [1.807, 2.05) is 18.2 Å². The minimum atomic E-state index is -0.453. The van der Waals surface area contributed by atoms with E-state index in [1.54, 1.807) is 11.7 Å². The van der Waals surface area contributed by atoms with Crippen LogP contribution in [-0.4, -0.2) is 48.8 Å². The van der Waals surface area contributed by atoms with E-state index in [0.717, 1.165) is 42.4 Å². The summed E-state index contributed by atoms with van der Waals surface area (Å²) in [6.45, 7) is 2.56. The molecule has 0 atom stereocenters. The van der Waals surface area contributed by atoms with Gasteiger partial charge in [0.05, 0.1) is 20.3 Å². The molecule has 184 valence electrons. The highest BCUT2D eigenvalue weighted by Gasteiger charge is 2.28. The van der Waals surface area contributed by atoms with Gasteiger partial charge < -0.3 is 18.8 Å². The number of esters is 1. The van der Waals surface area contributed by atoms with Crippen LogP contribution in [0.1, 0.15) is 47.3 Å². The summed E-state index contributed by atoms with van der Waals surface area (Å²) in [5.41, 5.74) is 2.08. The number of methoxy groups -OCH3 is 2. The summed E-state index contributed by atoms with van der Waals surface area (Å²) >= 11 is 0. The molecule has 0 N–H and O–H groups in total. The third-order valence-corrected chi connectivity index (χ3v) is 7.27. The quantitative estimate of drug-likeness (QED) is 0.497. The Labute approximate surface area is 205 Å². The zero-order chi connectivity index (χ0) is 24.4. The van der Waals surface area contributed by atoms with Crippen molar-refractivity contribution >= 4 is 16.7 Å². The van der Waals surface area contributed by atoms with Gasteiger partial charge in [0.2, 0.25) is 0 Å². The molecule has 0 spiro atoms. The Hall–Kier alpha value is -3.32. The normalized spacial score (nSPS) is 16.6. The summed E-state index contributed by atoms with van der Waals surface area (Å²) in [6.07, 6.45) is 4.69. The van der Waals surface area contributed by atoms with Crippen LogP contribution < -0.4 is 15.0 Å². The van der Waals surface area contributed by atoms with Crippen LogP contribution in [0.3, 0.4) is 0 Å². The van der Waals surface area contributed by atoms with Crippen molar-refractivity contribution < 1.29 is 19.0 Å². The van der Waals surface area contributed by atoms with E-state index in [9.17, 15) is 9.59 Å². The molecule has 1 aliphatic heterocycles. The zero-order valence-electron chi connectivity index (χ0n) is 20.4. The number of aromatic nitrogens is 1. The van der Waals surface area contributed by atoms with Gasteiger partial charge in [-0.1, -0.05) is 30.3 Å². The molecule has 7 nitrogen and oxygen atoms in total. The fraction of sp³-hybridized carbons (Fsp3) is 0.429. The third kappa shape index (κ3) is 4.65. The highest BCUT2D eigenvalue weighted by atomic mass is 16.5. The third-order valence-electron chi connectivity index (χ3n) is 7.27. The molecule has 3 aromatic rings. The number of hydrogen-bond acceptors (Lipinski definition) is 6. The predicted molar refractivity (Wildman–Crippen MR) is 134 cm³/mol. The molecule has 1 aliphatic carbocycles. The molecule has 1 fully saturated rings. The Balaban J connectivity index is 1.46. The molecule has 5 rings (SSSR count). The summed E-state index contributed by atoms with van der Waals surface area (Å²) in [6, 6.07) is 13.8. The van der Waals surface area contributed by atoms with Gasteiger partial charge in [0.25, 0.3) is 5.56 Å². The molecule has 0 radical (unpaired) electrons. The van der Waals surface area contributed by atoms with Crippen molar-refractivity contribution in [3.8, 4) is 11.5 Å². The lowest BCUT2D eigenvalue weighted by molar-refractivity contribution is 0.0590. The first kappa shape index (κ1) is 23.4. The molecule has 0 amide bonds. The fourth-order valence-corrected chi connectivity index (χ4v) is 5.45. The van der Waals surface area contributed by atoms with Crippen LogP contribution in [0.25, 0.3) is 10.8 Å². The second-order valence-corrected chi connectivity index (χ2v) is 9.33. The van der Waals surface area contributed by atoms with Crippen LogP contribution in [0.15, 0.2) is 47.3 Å². The molecule has 2 aromatic carbocycles.